The average molecular weight is 122 g/mol. The summed E-state index contributed by atoms with van der Waals surface area (Å²) in [6.07, 6.45) is 0. The monoisotopic (exact) mass is 122 g/mol. The maximum atomic E-state index is 10.3. The highest BCUT2D eigenvalue weighted by atomic mass is 16.3. The molecular weight excluding hydrogens is 116 g/mol. The van der Waals surface area contributed by atoms with Gasteiger partial charge in [-0.05, 0) is 6.07 Å². The average Bonchev–Trinajstić information content (AvgIpc) is 1.90. The van der Waals surface area contributed by atoms with Gasteiger partial charge in [0.25, 0.3) is 5.69 Å². The van der Waals surface area contributed by atoms with Crippen LogP contribution in [0.3, 0.4) is 0 Å². The third-order valence-corrected chi connectivity index (χ3v) is 0.930. The van der Waals surface area contributed by atoms with E-state index in [1.54, 1.807) is 24.3 Å². The van der Waals surface area contributed by atoms with Crippen molar-refractivity contribution in [2.45, 2.75) is 0 Å². The Bertz CT molecular complexity index is 208. The summed E-state index contributed by atoms with van der Waals surface area (Å²) in [6.45, 7) is 0. The normalized spacial score (nSPS) is 8.89. The van der Waals surface area contributed by atoms with E-state index in [-0.39, 0.29) is 4.87 Å². The zero-order valence-corrected chi connectivity index (χ0v) is 4.74. The molecular formula is C6H6N2O+. The van der Waals surface area contributed by atoms with Gasteiger partial charge in [0.2, 0.25) is 0 Å². The SMILES string of the molecule is N[N+](=O)c1[c]cccc1. The van der Waals surface area contributed by atoms with E-state index in [4.69, 9.17) is 5.84 Å². The second kappa shape index (κ2) is 2.26. The van der Waals surface area contributed by atoms with Crippen LogP contribution in [0.4, 0.5) is 5.69 Å². The van der Waals surface area contributed by atoms with Gasteiger partial charge in [0.05, 0.1) is 11.0 Å². The van der Waals surface area contributed by atoms with E-state index in [2.05, 4.69) is 6.07 Å². The topological polar surface area (TPSA) is 46.1 Å². The maximum absolute atomic E-state index is 10.3. The van der Waals surface area contributed by atoms with Crippen molar-refractivity contribution in [1.29, 1.82) is 0 Å². The van der Waals surface area contributed by atoms with Crippen LogP contribution >= 0.6 is 0 Å². The molecule has 1 rings (SSSR count). The predicted molar refractivity (Wildman–Crippen MR) is 32.8 cm³/mol. The van der Waals surface area contributed by atoms with Crippen molar-refractivity contribution in [2.75, 3.05) is 0 Å². The molecule has 0 aliphatic carbocycles. The van der Waals surface area contributed by atoms with Gasteiger partial charge in [0.1, 0.15) is 0 Å². The highest BCUT2D eigenvalue weighted by Gasteiger charge is 2.03. The molecule has 0 aliphatic rings. The van der Waals surface area contributed by atoms with Crippen LogP contribution in [0, 0.1) is 11.0 Å². The molecule has 0 amide bonds. The van der Waals surface area contributed by atoms with Gasteiger partial charge in [-0.3, -0.25) is 0 Å². The Morgan fingerprint density at radius 1 is 1.56 bits per heavy atom. The zero-order chi connectivity index (χ0) is 6.69. The lowest BCUT2D eigenvalue weighted by molar-refractivity contribution is -0.475. The van der Waals surface area contributed by atoms with Crippen molar-refractivity contribution in [3.63, 3.8) is 0 Å². The number of hydrazine groups is 1. The first kappa shape index (κ1) is 5.75. The van der Waals surface area contributed by atoms with E-state index in [1.165, 1.54) is 0 Å². The molecule has 0 unspecified atom stereocenters. The van der Waals surface area contributed by atoms with Crippen LogP contribution < -0.4 is 5.84 Å². The lowest BCUT2D eigenvalue weighted by atomic mass is 10.3. The van der Waals surface area contributed by atoms with Gasteiger partial charge in [0.15, 0.2) is 4.87 Å². The Hall–Kier alpha value is -1.38. The van der Waals surface area contributed by atoms with Gasteiger partial charge in [-0.25, -0.2) is 0 Å². The summed E-state index contributed by atoms with van der Waals surface area (Å²) < 4.78 is 0. The van der Waals surface area contributed by atoms with Crippen LogP contribution in [0.1, 0.15) is 0 Å². The zero-order valence-electron chi connectivity index (χ0n) is 4.74. The fraction of sp³-hybridized carbons (Fsp3) is 0. The minimum Gasteiger partial charge on any atom is -0.159 e. The number of nitrogens with zero attached hydrogens (tertiary/aromatic N) is 1. The largest absolute Gasteiger partial charge is 0.299 e. The van der Waals surface area contributed by atoms with Gasteiger partial charge in [-0.1, -0.05) is 12.1 Å². The smallest absolute Gasteiger partial charge is 0.159 e. The fourth-order valence-corrected chi connectivity index (χ4v) is 0.521. The van der Waals surface area contributed by atoms with Crippen LogP contribution in [0.5, 0.6) is 0 Å². The number of hydrogen-bond acceptors (Lipinski definition) is 1. The molecule has 9 heavy (non-hydrogen) atoms. The molecule has 1 aromatic rings. The molecule has 1 aromatic carbocycles. The van der Waals surface area contributed by atoms with Crippen LogP contribution in [0.25, 0.3) is 0 Å². The molecule has 1 radical (unpaired) electrons. The van der Waals surface area contributed by atoms with E-state index in [9.17, 15) is 4.91 Å². The Labute approximate surface area is 52.6 Å². The molecule has 0 fully saturated rings. The van der Waals surface area contributed by atoms with Crippen molar-refractivity contribution < 1.29 is 4.87 Å². The second-order valence-electron chi connectivity index (χ2n) is 1.57. The standard InChI is InChI=1S/C6H6N2O/c7-8(9)6-4-2-1-3-5-6/h1-4H,(H2,7,9)/q+1. The minimum absolute atomic E-state index is 0.278. The van der Waals surface area contributed by atoms with Crippen molar-refractivity contribution in [1.82, 2.24) is 0 Å². The Morgan fingerprint density at radius 2 is 2.33 bits per heavy atom. The Kier molecular flexibility index (Phi) is 1.44. The summed E-state index contributed by atoms with van der Waals surface area (Å²) in [7, 11) is 0. The van der Waals surface area contributed by atoms with Crippen molar-refractivity contribution >= 4 is 5.69 Å². The minimum atomic E-state index is 0.278. The number of hydrogen-bond donors (Lipinski definition) is 1. The molecule has 0 aliphatic heterocycles. The molecule has 0 bridgehead atoms. The molecule has 0 saturated heterocycles. The lowest BCUT2D eigenvalue weighted by Gasteiger charge is -1.79. The third kappa shape index (κ3) is 1.25. The van der Waals surface area contributed by atoms with Crippen LogP contribution in [0.2, 0.25) is 0 Å². The van der Waals surface area contributed by atoms with Gasteiger partial charge in [0, 0.05) is 6.07 Å². The molecule has 2 N–H and O–H groups in total. The number of nitrogens with two attached hydrogens (primary N) is 1. The van der Waals surface area contributed by atoms with E-state index in [0.717, 1.165) is 0 Å². The van der Waals surface area contributed by atoms with Crippen LogP contribution in [-0.4, -0.2) is 4.87 Å². The summed E-state index contributed by atoms with van der Waals surface area (Å²) in [5, 5.41) is 0. The number of nitroso groups, excluding NO2 is 1. The van der Waals surface area contributed by atoms with E-state index in [0.29, 0.717) is 5.69 Å². The highest BCUT2D eigenvalue weighted by molar-refractivity contribution is 5.25. The third-order valence-electron chi connectivity index (χ3n) is 0.930. The first-order valence-electron chi connectivity index (χ1n) is 2.49. The number of benzene rings is 1. The molecule has 0 spiro atoms. The van der Waals surface area contributed by atoms with E-state index < -0.39 is 0 Å². The Balaban J connectivity index is 2.98. The molecule has 0 aromatic heterocycles. The van der Waals surface area contributed by atoms with Crippen molar-refractivity contribution in [3.05, 3.63) is 35.2 Å². The molecule has 3 heteroatoms. The summed E-state index contributed by atoms with van der Waals surface area (Å²) in [4.78, 5) is 10.6. The molecule has 45 valence electrons. The molecule has 0 saturated carbocycles. The first-order valence-corrected chi connectivity index (χ1v) is 2.49. The number of para-hydroxylation sites is 1. The molecule has 0 heterocycles. The predicted octanol–water partition coefficient (Wildman–Crippen LogP) is 0.771. The van der Waals surface area contributed by atoms with Crippen molar-refractivity contribution in [3.8, 4) is 0 Å². The molecule has 0 atom stereocenters. The quantitative estimate of drug-likeness (QED) is 0.339. The van der Waals surface area contributed by atoms with Gasteiger partial charge in [-0.2, -0.15) is 5.84 Å². The Morgan fingerprint density at radius 3 is 2.67 bits per heavy atom. The van der Waals surface area contributed by atoms with E-state index >= 15 is 0 Å². The lowest BCUT2D eigenvalue weighted by Crippen LogP contribution is -2.08. The van der Waals surface area contributed by atoms with E-state index in [1.807, 2.05) is 0 Å². The highest BCUT2D eigenvalue weighted by Crippen LogP contribution is 2.03. The summed E-state index contributed by atoms with van der Waals surface area (Å²) >= 11 is 0. The van der Waals surface area contributed by atoms with Crippen molar-refractivity contribution in [2.24, 2.45) is 5.84 Å². The van der Waals surface area contributed by atoms with Gasteiger partial charge in [-0.15, -0.1) is 0 Å². The first-order chi connectivity index (χ1) is 4.30. The molecule has 3 nitrogen and oxygen atoms in total. The summed E-state index contributed by atoms with van der Waals surface area (Å²) in [6, 6.07) is 9.38. The fourth-order valence-electron chi connectivity index (χ4n) is 0.521. The van der Waals surface area contributed by atoms with Gasteiger partial charge >= 0.3 is 0 Å². The number of rotatable bonds is 1. The summed E-state index contributed by atoms with van der Waals surface area (Å²) in [5.74, 6) is 4.86. The second-order valence-corrected chi connectivity index (χ2v) is 1.57. The summed E-state index contributed by atoms with van der Waals surface area (Å²) in [5.41, 5.74) is 0.345. The van der Waals surface area contributed by atoms with Gasteiger partial charge < -0.3 is 0 Å². The maximum Gasteiger partial charge on any atom is 0.299 e. The van der Waals surface area contributed by atoms with Crippen LogP contribution in [0.15, 0.2) is 24.3 Å². The van der Waals surface area contributed by atoms with Crippen LogP contribution in [-0.2, 0) is 0 Å².